The normalized spacial score (nSPS) is 24.1. The molecule has 0 spiro atoms. The number of rotatable bonds is 6. The van der Waals surface area contributed by atoms with E-state index < -0.39 is 5.60 Å². The van der Waals surface area contributed by atoms with Gasteiger partial charge in [-0.2, -0.15) is 0 Å². The molecule has 2 atom stereocenters. The maximum absolute atomic E-state index is 10.4. The molecule has 1 heterocycles. The zero-order valence-electron chi connectivity index (χ0n) is 13.7. The van der Waals surface area contributed by atoms with Gasteiger partial charge in [0.05, 0.1) is 5.60 Å². The molecule has 0 bridgehead atoms. The van der Waals surface area contributed by atoms with Gasteiger partial charge >= 0.3 is 0 Å². The van der Waals surface area contributed by atoms with Crippen molar-refractivity contribution in [2.24, 2.45) is 0 Å². The zero-order chi connectivity index (χ0) is 15.3. The van der Waals surface area contributed by atoms with Gasteiger partial charge < -0.3 is 15.3 Å². The van der Waals surface area contributed by atoms with Crippen molar-refractivity contribution >= 4 is 5.69 Å². The number of para-hydroxylation sites is 1. The molecule has 0 amide bonds. The number of benzene rings is 1. The number of hydrogen-bond acceptors (Lipinski definition) is 3. The second kappa shape index (κ2) is 7.28. The molecule has 1 fully saturated rings. The molecule has 118 valence electrons. The number of β-amino-alcohol motifs (C(OH)–C–C–N with tert-alkyl or cyclic N) is 1. The molecule has 0 aromatic heterocycles. The molecule has 1 aromatic carbocycles. The monoisotopic (exact) mass is 290 g/mol. The number of nitrogens with one attached hydrogen (secondary N) is 1. The molecule has 1 aromatic rings. The van der Waals surface area contributed by atoms with Crippen LogP contribution in [0.4, 0.5) is 5.69 Å². The van der Waals surface area contributed by atoms with Crippen molar-refractivity contribution in [1.29, 1.82) is 0 Å². The molecular weight excluding hydrogens is 260 g/mol. The lowest BCUT2D eigenvalue weighted by molar-refractivity contribution is 0.0448. The van der Waals surface area contributed by atoms with Gasteiger partial charge in [0.1, 0.15) is 0 Å². The molecule has 3 heteroatoms. The van der Waals surface area contributed by atoms with Crippen molar-refractivity contribution in [2.45, 2.75) is 58.1 Å². The van der Waals surface area contributed by atoms with Crippen LogP contribution in [0.5, 0.6) is 0 Å². The molecule has 3 nitrogen and oxygen atoms in total. The summed E-state index contributed by atoms with van der Waals surface area (Å²) in [5.74, 6) is 0. The standard InChI is InChI=1S/C18H30N2O/c1-4-12-19-16(5-2)15-9-6-7-10-17(15)20-13-8-11-18(3,21)14-20/h6-7,9-10,16,19,21H,4-5,8,11-14H2,1-3H3. The Bertz CT molecular complexity index is 445. The van der Waals surface area contributed by atoms with E-state index in [0.29, 0.717) is 6.04 Å². The molecular formula is C18H30N2O. The van der Waals surface area contributed by atoms with E-state index in [4.69, 9.17) is 0 Å². The Morgan fingerprint density at radius 2 is 2.10 bits per heavy atom. The number of piperidine rings is 1. The Morgan fingerprint density at radius 3 is 2.76 bits per heavy atom. The van der Waals surface area contributed by atoms with E-state index in [1.54, 1.807) is 0 Å². The molecule has 21 heavy (non-hydrogen) atoms. The summed E-state index contributed by atoms with van der Waals surface area (Å²) >= 11 is 0. The van der Waals surface area contributed by atoms with E-state index in [9.17, 15) is 5.11 Å². The number of nitrogens with zero attached hydrogens (tertiary/aromatic N) is 1. The molecule has 0 radical (unpaired) electrons. The first-order valence-electron chi connectivity index (χ1n) is 8.37. The van der Waals surface area contributed by atoms with E-state index in [1.165, 1.54) is 11.3 Å². The first-order chi connectivity index (χ1) is 10.1. The lowest BCUT2D eigenvalue weighted by atomic mass is 9.93. The van der Waals surface area contributed by atoms with E-state index in [1.807, 2.05) is 6.92 Å². The van der Waals surface area contributed by atoms with Crippen LogP contribution in [0.25, 0.3) is 0 Å². The van der Waals surface area contributed by atoms with Crippen LogP contribution in [-0.2, 0) is 0 Å². The second-order valence-electron chi connectivity index (χ2n) is 6.50. The highest BCUT2D eigenvalue weighted by molar-refractivity contribution is 5.55. The largest absolute Gasteiger partial charge is 0.388 e. The first kappa shape index (κ1) is 16.3. The van der Waals surface area contributed by atoms with E-state index in [-0.39, 0.29) is 0 Å². The summed E-state index contributed by atoms with van der Waals surface area (Å²) in [5.41, 5.74) is 2.09. The molecule has 0 aliphatic carbocycles. The minimum Gasteiger partial charge on any atom is -0.388 e. The van der Waals surface area contributed by atoms with Gasteiger partial charge in [-0.05, 0) is 50.8 Å². The fraction of sp³-hybridized carbons (Fsp3) is 0.667. The first-order valence-corrected chi connectivity index (χ1v) is 8.37. The quantitative estimate of drug-likeness (QED) is 0.842. The van der Waals surface area contributed by atoms with Gasteiger partial charge in [-0.1, -0.05) is 32.0 Å². The third-order valence-corrected chi connectivity index (χ3v) is 4.38. The van der Waals surface area contributed by atoms with Gasteiger partial charge in [-0.25, -0.2) is 0 Å². The van der Waals surface area contributed by atoms with Gasteiger partial charge in [0, 0.05) is 24.8 Å². The average Bonchev–Trinajstić information content (AvgIpc) is 2.47. The van der Waals surface area contributed by atoms with Crippen LogP contribution in [0.3, 0.4) is 0 Å². The Kier molecular flexibility index (Phi) is 5.65. The molecule has 2 N–H and O–H groups in total. The highest BCUT2D eigenvalue weighted by Crippen LogP contribution is 2.32. The lowest BCUT2D eigenvalue weighted by Gasteiger charge is -2.39. The van der Waals surface area contributed by atoms with Crippen LogP contribution in [0.15, 0.2) is 24.3 Å². The highest BCUT2D eigenvalue weighted by Gasteiger charge is 2.29. The van der Waals surface area contributed by atoms with Gasteiger partial charge in [-0.15, -0.1) is 0 Å². The van der Waals surface area contributed by atoms with Crippen molar-refractivity contribution in [3.63, 3.8) is 0 Å². The maximum Gasteiger partial charge on any atom is 0.0794 e. The number of hydrogen-bond donors (Lipinski definition) is 2. The zero-order valence-corrected chi connectivity index (χ0v) is 13.7. The van der Waals surface area contributed by atoms with Gasteiger partial charge in [0.2, 0.25) is 0 Å². The summed E-state index contributed by atoms with van der Waals surface area (Å²) in [6.45, 7) is 9.20. The topological polar surface area (TPSA) is 35.5 Å². The maximum atomic E-state index is 10.4. The van der Waals surface area contributed by atoms with Crippen LogP contribution >= 0.6 is 0 Å². The second-order valence-corrected chi connectivity index (χ2v) is 6.50. The Balaban J connectivity index is 2.23. The summed E-state index contributed by atoms with van der Waals surface area (Å²) < 4.78 is 0. The van der Waals surface area contributed by atoms with Crippen molar-refractivity contribution in [3.8, 4) is 0 Å². The average molecular weight is 290 g/mol. The Hall–Kier alpha value is -1.06. The Labute approximate surface area is 129 Å². The summed E-state index contributed by atoms with van der Waals surface area (Å²) in [6, 6.07) is 9.06. The molecule has 1 aliphatic heterocycles. The predicted molar refractivity (Wildman–Crippen MR) is 89.8 cm³/mol. The third-order valence-electron chi connectivity index (χ3n) is 4.38. The molecule has 2 unspecified atom stereocenters. The van der Waals surface area contributed by atoms with Crippen molar-refractivity contribution in [2.75, 3.05) is 24.5 Å². The summed E-state index contributed by atoms with van der Waals surface area (Å²) in [6.07, 6.45) is 4.19. The van der Waals surface area contributed by atoms with Crippen molar-refractivity contribution in [1.82, 2.24) is 5.32 Å². The smallest absolute Gasteiger partial charge is 0.0794 e. The number of anilines is 1. The minimum absolute atomic E-state index is 0.396. The molecule has 1 saturated heterocycles. The van der Waals surface area contributed by atoms with Gasteiger partial charge in [0.25, 0.3) is 0 Å². The fourth-order valence-electron chi connectivity index (χ4n) is 3.29. The van der Waals surface area contributed by atoms with Crippen LogP contribution in [0, 0.1) is 0 Å². The highest BCUT2D eigenvalue weighted by atomic mass is 16.3. The van der Waals surface area contributed by atoms with Crippen molar-refractivity contribution in [3.05, 3.63) is 29.8 Å². The van der Waals surface area contributed by atoms with Gasteiger partial charge in [-0.3, -0.25) is 0 Å². The van der Waals surface area contributed by atoms with Crippen LogP contribution < -0.4 is 10.2 Å². The molecule has 2 rings (SSSR count). The SMILES string of the molecule is CCCNC(CC)c1ccccc1N1CCCC(C)(O)C1. The summed E-state index contributed by atoms with van der Waals surface area (Å²) in [4.78, 5) is 2.36. The number of aliphatic hydroxyl groups is 1. The van der Waals surface area contributed by atoms with E-state index in [2.05, 4.69) is 48.3 Å². The Morgan fingerprint density at radius 1 is 1.33 bits per heavy atom. The lowest BCUT2D eigenvalue weighted by Crippen LogP contribution is -2.46. The molecule has 0 saturated carbocycles. The summed E-state index contributed by atoms with van der Waals surface area (Å²) in [7, 11) is 0. The van der Waals surface area contributed by atoms with Crippen LogP contribution in [0.1, 0.15) is 58.1 Å². The fourth-order valence-corrected chi connectivity index (χ4v) is 3.29. The molecule has 1 aliphatic rings. The summed E-state index contributed by atoms with van der Waals surface area (Å²) in [5, 5.41) is 14.0. The van der Waals surface area contributed by atoms with Crippen molar-refractivity contribution < 1.29 is 5.11 Å². The van der Waals surface area contributed by atoms with Crippen LogP contribution in [0.2, 0.25) is 0 Å². The van der Waals surface area contributed by atoms with Gasteiger partial charge in [0.15, 0.2) is 0 Å². The minimum atomic E-state index is -0.566. The predicted octanol–water partition coefficient (Wildman–Crippen LogP) is 3.49. The van der Waals surface area contributed by atoms with E-state index >= 15 is 0 Å². The third kappa shape index (κ3) is 4.21. The van der Waals surface area contributed by atoms with Crippen LogP contribution in [-0.4, -0.2) is 30.3 Å². The van der Waals surface area contributed by atoms with E-state index in [0.717, 1.165) is 45.3 Å².